The Kier molecular flexibility index (Phi) is 4.54. The number of thiophene rings is 1. The first kappa shape index (κ1) is 15.8. The number of carbonyl (C=O) groups excluding carboxylic acids is 1. The summed E-state index contributed by atoms with van der Waals surface area (Å²) < 4.78 is 8.49. The monoisotopic (exact) mass is 319 g/mol. The normalized spacial score (nSPS) is 11.2. The highest BCUT2D eigenvalue weighted by Crippen LogP contribution is 2.37. The summed E-state index contributed by atoms with van der Waals surface area (Å²) in [5, 5.41) is 0. The van der Waals surface area contributed by atoms with Crippen LogP contribution in [0.1, 0.15) is 36.0 Å². The van der Waals surface area contributed by atoms with Crippen LogP contribution in [-0.4, -0.2) is 13.1 Å². The minimum Gasteiger partial charge on any atom is -0.465 e. The third-order valence-electron chi connectivity index (χ3n) is 3.22. The maximum absolute atomic E-state index is 11.7. The molecule has 1 heterocycles. The number of carbonyl (C=O) groups is 1. The van der Waals surface area contributed by atoms with Gasteiger partial charge in [-0.15, -0.1) is 11.3 Å². The summed E-state index contributed by atoms with van der Waals surface area (Å²) in [5.74, 6) is -0.402. The van der Waals surface area contributed by atoms with Crippen molar-refractivity contribution < 1.29 is 9.53 Å². The predicted octanol–water partition coefficient (Wildman–Crippen LogP) is 4.86. The van der Waals surface area contributed by atoms with Crippen molar-refractivity contribution in [2.75, 3.05) is 7.11 Å². The highest BCUT2D eigenvalue weighted by molar-refractivity contribution is 7.47. The zero-order chi connectivity index (χ0) is 15.6. The van der Waals surface area contributed by atoms with E-state index in [-0.39, 0.29) is 5.41 Å². The molecule has 0 atom stereocenters. The molecule has 2 aromatic rings. The molecule has 3 nitrogen and oxygen atoms in total. The van der Waals surface area contributed by atoms with Gasteiger partial charge in [-0.05, 0) is 22.6 Å². The van der Waals surface area contributed by atoms with E-state index in [0.717, 1.165) is 10.4 Å². The number of hydrogen-bond acceptors (Lipinski definition) is 5. The molecule has 0 unspecified atom stereocenters. The van der Waals surface area contributed by atoms with E-state index >= 15 is 0 Å². The molecule has 21 heavy (non-hydrogen) atoms. The van der Waals surface area contributed by atoms with E-state index in [4.69, 9.17) is 17.2 Å². The average molecular weight is 319 g/mol. The van der Waals surface area contributed by atoms with Crippen LogP contribution < -0.4 is 0 Å². The van der Waals surface area contributed by atoms with Crippen molar-refractivity contribution in [1.82, 2.24) is 0 Å². The second-order valence-corrected chi connectivity index (χ2v) is 6.97. The standard InChI is InChI=1S/C16H17NO2S2/c1-16(2,3)11-7-5-10(6-8-11)13-9-12(17-20)14(21-13)15(18)19-4/h5-9H,1-4H3. The van der Waals surface area contributed by atoms with Gasteiger partial charge < -0.3 is 4.74 Å². The third-order valence-corrected chi connectivity index (χ3v) is 4.57. The van der Waals surface area contributed by atoms with Gasteiger partial charge in [-0.1, -0.05) is 45.0 Å². The number of esters is 1. The van der Waals surface area contributed by atoms with Crippen LogP contribution in [0.15, 0.2) is 34.7 Å². The van der Waals surface area contributed by atoms with Crippen LogP contribution in [0.5, 0.6) is 0 Å². The summed E-state index contributed by atoms with van der Waals surface area (Å²) in [5.41, 5.74) is 2.93. The number of benzene rings is 1. The quantitative estimate of drug-likeness (QED) is 0.758. The van der Waals surface area contributed by atoms with E-state index in [9.17, 15) is 4.79 Å². The van der Waals surface area contributed by atoms with Crippen LogP contribution in [-0.2, 0) is 22.6 Å². The summed E-state index contributed by atoms with van der Waals surface area (Å²) in [7, 11) is 1.35. The first-order valence-corrected chi connectivity index (χ1v) is 7.71. The molecule has 0 saturated carbocycles. The van der Waals surface area contributed by atoms with Gasteiger partial charge in [0.15, 0.2) is 0 Å². The van der Waals surface area contributed by atoms with Crippen molar-refractivity contribution in [2.24, 2.45) is 4.36 Å². The van der Waals surface area contributed by atoms with Crippen molar-refractivity contribution in [1.29, 1.82) is 0 Å². The van der Waals surface area contributed by atoms with Gasteiger partial charge in [0.25, 0.3) is 0 Å². The lowest BCUT2D eigenvalue weighted by Crippen LogP contribution is -2.10. The van der Waals surface area contributed by atoms with Gasteiger partial charge in [0, 0.05) is 17.3 Å². The van der Waals surface area contributed by atoms with Gasteiger partial charge in [-0.2, -0.15) is 4.36 Å². The SMILES string of the molecule is COC(=O)c1sc(-c2ccc(C(C)(C)C)cc2)cc1N=S. The largest absolute Gasteiger partial charge is 0.465 e. The maximum Gasteiger partial charge on any atom is 0.350 e. The van der Waals surface area contributed by atoms with Gasteiger partial charge in [0.2, 0.25) is 0 Å². The van der Waals surface area contributed by atoms with Crippen molar-refractivity contribution >= 4 is 35.4 Å². The fourth-order valence-corrected chi connectivity index (χ4v) is 3.19. The molecule has 0 aliphatic rings. The van der Waals surface area contributed by atoms with Crippen LogP contribution in [0.2, 0.25) is 0 Å². The van der Waals surface area contributed by atoms with E-state index < -0.39 is 5.97 Å². The van der Waals surface area contributed by atoms with Crippen molar-refractivity contribution in [3.8, 4) is 10.4 Å². The molecule has 0 amide bonds. The second kappa shape index (κ2) is 6.03. The van der Waals surface area contributed by atoms with Gasteiger partial charge in [-0.3, -0.25) is 0 Å². The van der Waals surface area contributed by atoms with Gasteiger partial charge >= 0.3 is 5.97 Å². The van der Waals surface area contributed by atoms with Crippen LogP contribution >= 0.6 is 11.3 Å². The number of hydrogen-bond donors (Lipinski definition) is 0. The van der Waals surface area contributed by atoms with E-state index in [1.54, 1.807) is 0 Å². The van der Waals surface area contributed by atoms with E-state index in [1.165, 1.54) is 24.0 Å². The molecule has 0 saturated heterocycles. The van der Waals surface area contributed by atoms with Crippen molar-refractivity contribution in [3.05, 3.63) is 40.8 Å². The minimum absolute atomic E-state index is 0.117. The zero-order valence-electron chi connectivity index (χ0n) is 12.5. The zero-order valence-corrected chi connectivity index (χ0v) is 14.1. The summed E-state index contributed by atoms with van der Waals surface area (Å²) in [6, 6.07) is 10.2. The van der Waals surface area contributed by atoms with Crippen LogP contribution in [0.4, 0.5) is 5.69 Å². The lowest BCUT2D eigenvalue weighted by Gasteiger charge is -2.18. The van der Waals surface area contributed by atoms with Gasteiger partial charge in [-0.25, -0.2) is 4.79 Å². The number of ether oxygens (including phenoxy) is 1. The molecule has 5 heteroatoms. The van der Waals surface area contributed by atoms with Crippen LogP contribution in [0.3, 0.4) is 0 Å². The highest BCUT2D eigenvalue weighted by Gasteiger charge is 2.18. The molecule has 2 rings (SSSR count). The molecule has 110 valence electrons. The Morgan fingerprint density at radius 3 is 2.33 bits per heavy atom. The summed E-state index contributed by atoms with van der Waals surface area (Å²) in [6.45, 7) is 6.53. The molecule has 0 radical (unpaired) electrons. The Balaban J connectivity index is 2.41. The minimum atomic E-state index is -0.402. The topological polar surface area (TPSA) is 38.7 Å². The van der Waals surface area contributed by atoms with Crippen LogP contribution in [0.25, 0.3) is 10.4 Å². The molecule has 1 aromatic carbocycles. The second-order valence-electron chi connectivity index (χ2n) is 5.74. The van der Waals surface area contributed by atoms with Gasteiger partial charge in [0.1, 0.15) is 10.6 Å². The van der Waals surface area contributed by atoms with E-state index in [2.05, 4.69) is 49.4 Å². The number of methoxy groups -OCH3 is 1. The fourth-order valence-electron chi connectivity index (χ4n) is 1.96. The molecule has 0 aliphatic carbocycles. The van der Waals surface area contributed by atoms with E-state index in [1.807, 2.05) is 6.07 Å². The first-order chi connectivity index (χ1) is 9.86. The lowest BCUT2D eigenvalue weighted by molar-refractivity contribution is 0.0607. The molecule has 0 aliphatic heterocycles. The Morgan fingerprint density at radius 2 is 1.86 bits per heavy atom. The molecule has 0 spiro atoms. The molecular weight excluding hydrogens is 302 g/mol. The lowest BCUT2D eigenvalue weighted by atomic mass is 9.86. The maximum atomic E-state index is 11.7. The Labute approximate surface area is 134 Å². The van der Waals surface area contributed by atoms with Crippen molar-refractivity contribution in [3.63, 3.8) is 0 Å². The third kappa shape index (κ3) is 3.36. The Hall–Kier alpha value is -1.59. The Bertz CT molecular complexity index is 667. The summed E-state index contributed by atoms with van der Waals surface area (Å²) in [4.78, 5) is 13.1. The van der Waals surface area contributed by atoms with E-state index in [0.29, 0.717) is 10.6 Å². The first-order valence-electron chi connectivity index (χ1n) is 6.53. The molecule has 0 bridgehead atoms. The molecule has 0 fully saturated rings. The smallest absolute Gasteiger partial charge is 0.350 e. The van der Waals surface area contributed by atoms with Crippen LogP contribution in [0, 0.1) is 0 Å². The van der Waals surface area contributed by atoms with Gasteiger partial charge in [0.05, 0.1) is 7.11 Å². The fraction of sp³-hybridized carbons (Fsp3) is 0.312. The molecular formula is C16H17NO2S2. The average Bonchev–Trinajstić information content (AvgIpc) is 2.90. The summed E-state index contributed by atoms with van der Waals surface area (Å²) >= 11 is 6.08. The summed E-state index contributed by atoms with van der Waals surface area (Å²) in [6.07, 6.45) is 0. The van der Waals surface area contributed by atoms with Crippen molar-refractivity contribution in [2.45, 2.75) is 26.2 Å². The molecule has 0 N–H and O–H groups in total. The number of rotatable bonds is 3. The predicted molar refractivity (Wildman–Crippen MR) is 89.2 cm³/mol. The highest BCUT2D eigenvalue weighted by atomic mass is 32.1. The number of nitrogens with zero attached hydrogens (tertiary/aromatic N) is 1. The molecule has 1 aromatic heterocycles. The Morgan fingerprint density at radius 1 is 1.24 bits per heavy atom.